The van der Waals surface area contributed by atoms with Crippen LogP contribution in [0.25, 0.3) is 0 Å². The molecule has 3 N–H and O–H groups in total. The number of hydrogen-bond donors (Lipinski definition) is 2. The molecule has 0 amide bonds. The molecule has 0 spiro atoms. The van der Waals surface area contributed by atoms with Crippen molar-refractivity contribution in [3.05, 3.63) is 23.3 Å². The Kier molecular flexibility index (Phi) is 2.79. The Morgan fingerprint density at radius 1 is 1.40 bits per heavy atom. The molecule has 0 bridgehead atoms. The molecule has 1 aromatic carbocycles. The van der Waals surface area contributed by atoms with Crippen LogP contribution in [-0.4, -0.2) is 24.9 Å². The number of fused-ring (bicyclic) bond motifs is 1. The van der Waals surface area contributed by atoms with Crippen LogP contribution < -0.4 is 15.2 Å². The Hall–Kier alpha value is -1.26. The molecular weight excluding hydrogens is 194 g/mol. The first-order chi connectivity index (χ1) is 7.22. The number of aliphatic hydroxyl groups excluding tert-OH is 1. The van der Waals surface area contributed by atoms with Gasteiger partial charge in [0.2, 0.25) is 0 Å². The summed E-state index contributed by atoms with van der Waals surface area (Å²) in [5, 5.41) is 9.06. The predicted octanol–water partition coefficient (Wildman–Crippen LogP) is 0.758. The van der Waals surface area contributed by atoms with E-state index in [-0.39, 0.29) is 6.61 Å². The number of aryl methyl sites for hydroxylation is 1. The van der Waals surface area contributed by atoms with Crippen molar-refractivity contribution in [2.75, 3.05) is 19.8 Å². The molecule has 2 rings (SSSR count). The Balaban J connectivity index is 2.47. The van der Waals surface area contributed by atoms with Gasteiger partial charge in [0.05, 0.1) is 12.6 Å². The van der Waals surface area contributed by atoms with E-state index in [1.165, 1.54) is 0 Å². The largest absolute Gasteiger partial charge is 0.486 e. The lowest BCUT2D eigenvalue weighted by Gasteiger charge is -2.23. The molecule has 0 saturated heterocycles. The van der Waals surface area contributed by atoms with Gasteiger partial charge in [-0.1, -0.05) is 6.07 Å². The summed E-state index contributed by atoms with van der Waals surface area (Å²) in [6, 6.07) is 3.43. The van der Waals surface area contributed by atoms with Gasteiger partial charge in [-0.3, -0.25) is 0 Å². The Morgan fingerprint density at radius 2 is 2.13 bits per heavy atom. The van der Waals surface area contributed by atoms with E-state index in [1.54, 1.807) is 0 Å². The van der Waals surface area contributed by atoms with Gasteiger partial charge in [-0.05, 0) is 18.6 Å². The first kappa shape index (κ1) is 10.3. The molecule has 4 nitrogen and oxygen atoms in total. The zero-order valence-corrected chi connectivity index (χ0v) is 8.69. The second-order valence-corrected chi connectivity index (χ2v) is 3.67. The van der Waals surface area contributed by atoms with Gasteiger partial charge in [0, 0.05) is 5.56 Å². The smallest absolute Gasteiger partial charge is 0.166 e. The van der Waals surface area contributed by atoms with Crippen LogP contribution in [0.4, 0.5) is 0 Å². The SMILES string of the molecule is Cc1cc2c(c(C(N)CO)c1)OCCO2. The summed E-state index contributed by atoms with van der Waals surface area (Å²) < 4.78 is 11.0. The molecule has 1 aliphatic rings. The molecule has 0 aromatic heterocycles. The average molecular weight is 209 g/mol. The van der Waals surface area contributed by atoms with Gasteiger partial charge < -0.3 is 20.3 Å². The van der Waals surface area contributed by atoms with Crippen molar-refractivity contribution in [3.63, 3.8) is 0 Å². The molecule has 1 unspecified atom stereocenters. The monoisotopic (exact) mass is 209 g/mol. The van der Waals surface area contributed by atoms with E-state index in [2.05, 4.69) is 0 Å². The van der Waals surface area contributed by atoms with E-state index in [0.717, 1.165) is 16.9 Å². The fourth-order valence-electron chi connectivity index (χ4n) is 1.70. The minimum Gasteiger partial charge on any atom is -0.486 e. The molecule has 1 aliphatic heterocycles. The highest BCUT2D eigenvalue weighted by Gasteiger charge is 2.20. The molecule has 0 saturated carbocycles. The number of rotatable bonds is 2. The summed E-state index contributed by atoms with van der Waals surface area (Å²) in [4.78, 5) is 0. The van der Waals surface area contributed by atoms with E-state index in [0.29, 0.717) is 19.0 Å². The van der Waals surface area contributed by atoms with E-state index >= 15 is 0 Å². The molecule has 1 aromatic rings. The summed E-state index contributed by atoms with van der Waals surface area (Å²) in [6.45, 7) is 2.95. The zero-order chi connectivity index (χ0) is 10.8. The van der Waals surface area contributed by atoms with Crippen molar-refractivity contribution in [2.24, 2.45) is 5.73 Å². The molecule has 0 aliphatic carbocycles. The number of hydrogen-bond acceptors (Lipinski definition) is 4. The summed E-state index contributed by atoms with van der Waals surface area (Å²) in [5.74, 6) is 1.40. The molecule has 0 radical (unpaired) electrons. The van der Waals surface area contributed by atoms with Crippen LogP contribution in [0.3, 0.4) is 0 Å². The Labute approximate surface area is 88.6 Å². The summed E-state index contributed by atoms with van der Waals surface area (Å²) in [7, 11) is 0. The first-order valence-electron chi connectivity index (χ1n) is 4.99. The Bertz CT molecular complexity index is 365. The maximum atomic E-state index is 9.06. The van der Waals surface area contributed by atoms with Crippen LogP contribution in [-0.2, 0) is 0 Å². The Morgan fingerprint density at radius 3 is 2.87 bits per heavy atom. The normalized spacial score (nSPS) is 16.2. The third kappa shape index (κ3) is 1.91. The fraction of sp³-hybridized carbons (Fsp3) is 0.455. The van der Waals surface area contributed by atoms with E-state index in [4.69, 9.17) is 20.3 Å². The molecule has 1 heterocycles. The van der Waals surface area contributed by atoms with Gasteiger partial charge in [-0.25, -0.2) is 0 Å². The highest BCUT2D eigenvalue weighted by atomic mass is 16.6. The van der Waals surface area contributed by atoms with Crippen LogP contribution in [0.1, 0.15) is 17.2 Å². The van der Waals surface area contributed by atoms with Crippen LogP contribution in [0.15, 0.2) is 12.1 Å². The molecular formula is C11H15NO3. The molecule has 1 atom stereocenters. The molecule has 82 valence electrons. The maximum absolute atomic E-state index is 9.06. The van der Waals surface area contributed by atoms with Gasteiger partial charge in [0.15, 0.2) is 11.5 Å². The van der Waals surface area contributed by atoms with Crippen molar-refractivity contribution in [2.45, 2.75) is 13.0 Å². The number of benzene rings is 1. The third-order valence-electron chi connectivity index (χ3n) is 2.41. The predicted molar refractivity (Wildman–Crippen MR) is 56.2 cm³/mol. The van der Waals surface area contributed by atoms with Crippen molar-refractivity contribution < 1.29 is 14.6 Å². The first-order valence-corrected chi connectivity index (χ1v) is 4.99. The van der Waals surface area contributed by atoms with E-state index in [1.807, 2.05) is 19.1 Å². The average Bonchev–Trinajstić information content (AvgIpc) is 2.26. The van der Waals surface area contributed by atoms with Gasteiger partial charge in [0.25, 0.3) is 0 Å². The van der Waals surface area contributed by atoms with Gasteiger partial charge in [0.1, 0.15) is 13.2 Å². The minimum absolute atomic E-state index is 0.0980. The number of nitrogens with two attached hydrogens (primary N) is 1. The standard InChI is InChI=1S/C11H15NO3/c1-7-4-8(9(12)6-13)11-10(5-7)14-2-3-15-11/h4-5,9,13H,2-3,6,12H2,1H3. The summed E-state index contributed by atoms with van der Waals surface area (Å²) in [6.07, 6.45) is 0. The van der Waals surface area contributed by atoms with E-state index in [9.17, 15) is 0 Å². The lowest BCUT2D eigenvalue weighted by atomic mass is 10.0. The summed E-state index contributed by atoms with van der Waals surface area (Å²) >= 11 is 0. The maximum Gasteiger partial charge on any atom is 0.166 e. The van der Waals surface area contributed by atoms with Crippen LogP contribution in [0.5, 0.6) is 11.5 Å². The second kappa shape index (κ2) is 4.08. The topological polar surface area (TPSA) is 64.7 Å². The van der Waals surface area contributed by atoms with Crippen LogP contribution in [0, 0.1) is 6.92 Å². The summed E-state index contributed by atoms with van der Waals surface area (Å²) in [5.41, 5.74) is 7.67. The lowest BCUT2D eigenvalue weighted by Crippen LogP contribution is -2.21. The zero-order valence-electron chi connectivity index (χ0n) is 8.69. The van der Waals surface area contributed by atoms with Crippen molar-refractivity contribution in [3.8, 4) is 11.5 Å². The van der Waals surface area contributed by atoms with Crippen LogP contribution in [0.2, 0.25) is 0 Å². The van der Waals surface area contributed by atoms with Crippen molar-refractivity contribution in [1.82, 2.24) is 0 Å². The fourth-order valence-corrected chi connectivity index (χ4v) is 1.70. The minimum atomic E-state index is -0.416. The van der Waals surface area contributed by atoms with Gasteiger partial charge in [-0.15, -0.1) is 0 Å². The lowest BCUT2D eigenvalue weighted by molar-refractivity contribution is 0.167. The number of ether oxygens (including phenoxy) is 2. The van der Waals surface area contributed by atoms with Gasteiger partial charge in [-0.2, -0.15) is 0 Å². The van der Waals surface area contributed by atoms with Crippen molar-refractivity contribution >= 4 is 0 Å². The highest BCUT2D eigenvalue weighted by molar-refractivity contribution is 5.51. The third-order valence-corrected chi connectivity index (χ3v) is 2.41. The van der Waals surface area contributed by atoms with Crippen molar-refractivity contribution in [1.29, 1.82) is 0 Å². The van der Waals surface area contributed by atoms with Gasteiger partial charge >= 0.3 is 0 Å². The second-order valence-electron chi connectivity index (χ2n) is 3.67. The molecule has 4 heteroatoms. The highest BCUT2D eigenvalue weighted by Crippen LogP contribution is 2.37. The number of aliphatic hydroxyl groups is 1. The van der Waals surface area contributed by atoms with Crippen LogP contribution >= 0.6 is 0 Å². The molecule has 15 heavy (non-hydrogen) atoms. The van der Waals surface area contributed by atoms with E-state index < -0.39 is 6.04 Å². The quantitative estimate of drug-likeness (QED) is 0.754. The molecule has 0 fully saturated rings.